The molecule has 0 unspecified atom stereocenters. The van der Waals surface area contributed by atoms with Crippen LogP contribution in [0.15, 0.2) is 12.1 Å². The van der Waals surface area contributed by atoms with Gasteiger partial charge in [0, 0.05) is 5.69 Å². The van der Waals surface area contributed by atoms with Crippen molar-refractivity contribution in [3.05, 3.63) is 28.8 Å². The summed E-state index contributed by atoms with van der Waals surface area (Å²) in [5.74, 6) is 2.97. The summed E-state index contributed by atoms with van der Waals surface area (Å²) in [6.45, 7) is 10.8. The molecule has 0 bridgehead atoms. The molecule has 2 rings (SSSR count). The summed E-state index contributed by atoms with van der Waals surface area (Å²) in [6.07, 6.45) is 13.0. The zero-order valence-corrected chi connectivity index (χ0v) is 14.5. The van der Waals surface area contributed by atoms with E-state index in [1.54, 1.807) is 0 Å². The van der Waals surface area contributed by atoms with E-state index in [9.17, 15) is 0 Å². The van der Waals surface area contributed by atoms with Crippen LogP contribution in [-0.2, 0) is 0 Å². The molecule has 1 heteroatoms. The molecule has 0 saturated heterocycles. The molecule has 1 nitrogen and oxygen atoms in total. The molecule has 0 amide bonds. The van der Waals surface area contributed by atoms with Crippen LogP contribution in [0, 0.1) is 33.1 Å². The Morgan fingerprint density at radius 1 is 1.05 bits per heavy atom. The van der Waals surface area contributed by atoms with Gasteiger partial charge in [-0.05, 0) is 75.3 Å². The van der Waals surface area contributed by atoms with Gasteiger partial charge < -0.3 is 5.32 Å². The molecule has 1 fully saturated rings. The van der Waals surface area contributed by atoms with Crippen LogP contribution in [0.5, 0.6) is 0 Å². The summed E-state index contributed by atoms with van der Waals surface area (Å²) in [6, 6.07) is 4.42. The first kappa shape index (κ1) is 17.6. The lowest BCUT2D eigenvalue weighted by atomic mass is 9.97. The monoisotopic (exact) mass is 285 g/mol. The van der Waals surface area contributed by atoms with E-state index in [0.29, 0.717) is 0 Å². The van der Waals surface area contributed by atoms with Crippen LogP contribution in [0.1, 0.15) is 69.1 Å². The Morgan fingerprint density at radius 2 is 1.52 bits per heavy atom. The van der Waals surface area contributed by atoms with E-state index in [2.05, 4.69) is 58.0 Å². The van der Waals surface area contributed by atoms with Crippen LogP contribution in [0.3, 0.4) is 0 Å². The highest BCUT2D eigenvalue weighted by atomic mass is 15.0. The second-order valence-corrected chi connectivity index (χ2v) is 6.29. The fraction of sp³-hybridized carbons (Fsp3) is 0.600. The molecule has 21 heavy (non-hydrogen) atoms. The number of rotatable bonds is 3. The van der Waals surface area contributed by atoms with Crippen LogP contribution in [0.4, 0.5) is 5.69 Å². The standard InChI is InChI=1S/C16H21N.C4H10/c1-5-16(8-6-7-9-16)17-15-10-12(2)14(4)13(3)11-15;1-3-4-2/h1,10-11,17H,6-9H2,2-4H3;3-4H2,1-2H3. The van der Waals surface area contributed by atoms with Crippen LogP contribution in [0.25, 0.3) is 0 Å². The quantitative estimate of drug-likeness (QED) is 0.694. The minimum absolute atomic E-state index is 0.103. The van der Waals surface area contributed by atoms with Crippen LogP contribution >= 0.6 is 0 Å². The maximum Gasteiger partial charge on any atom is 0.0984 e. The summed E-state index contributed by atoms with van der Waals surface area (Å²) >= 11 is 0. The number of hydrogen-bond donors (Lipinski definition) is 1. The molecule has 1 aromatic carbocycles. The fourth-order valence-corrected chi connectivity index (χ4v) is 2.67. The predicted molar refractivity (Wildman–Crippen MR) is 94.9 cm³/mol. The highest BCUT2D eigenvalue weighted by Crippen LogP contribution is 2.33. The third-order valence-electron chi connectivity index (χ3n) is 4.54. The zero-order valence-electron chi connectivity index (χ0n) is 14.5. The van der Waals surface area contributed by atoms with Crippen molar-refractivity contribution in [1.82, 2.24) is 0 Å². The summed E-state index contributed by atoms with van der Waals surface area (Å²) in [5, 5.41) is 3.58. The molecule has 0 aromatic heterocycles. The number of benzene rings is 1. The lowest BCUT2D eigenvalue weighted by Crippen LogP contribution is -2.33. The molecule has 1 aliphatic rings. The third-order valence-corrected chi connectivity index (χ3v) is 4.54. The van der Waals surface area contributed by atoms with E-state index in [1.165, 1.54) is 48.1 Å². The van der Waals surface area contributed by atoms with E-state index >= 15 is 0 Å². The molecule has 1 saturated carbocycles. The first-order chi connectivity index (χ1) is 9.98. The smallest absolute Gasteiger partial charge is 0.0984 e. The number of aryl methyl sites for hydroxylation is 2. The van der Waals surface area contributed by atoms with E-state index in [-0.39, 0.29) is 5.54 Å². The van der Waals surface area contributed by atoms with Crippen molar-refractivity contribution < 1.29 is 0 Å². The van der Waals surface area contributed by atoms with Crippen molar-refractivity contribution in [1.29, 1.82) is 0 Å². The van der Waals surface area contributed by atoms with Crippen molar-refractivity contribution in [3.63, 3.8) is 0 Å². The van der Waals surface area contributed by atoms with Gasteiger partial charge in [0.15, 0.2) is 0 Å². The Labute approximate surface area is 131 Å². The minimum Gasteiger partial charge on any atom is -0.369 e. The molecule has 0 radical (unpaired) electrons. The highest BCUT2D eigenvalue weighted by molar-refractivity contribution is 5.55. The van der Waals surface area contributed by atoms with Crippen molar-refractivity contribution >= 4 is 5.69 Å². The molecule has 1 aromatic rings. The Kier molecular flexibility index (Phi) is 6.82. The van der Waals surface area contributed by atoms with Gasteiger partial charge in [0.1, 0.15) is 0 Å². The van der Waals surface area contributed by atoms with Crippen molar-refractivity contribution in [3.8, 4) is 12.3 Å². The highest BCUT2D eigenvalue weighted by Gasteiger charge is 2.31. The van der Waals surface area contributed by atoms with Gasteiger partial charge in [-0.1, -0.05) is 32.6 Å². The van der Waals surface area contributed by atoms with E-state index < -0.39 is 0 Å². The molecule has 0 atom stereocenters. The molecule has 0 heterocycles. The van der Waals surface area contributed by atoms with Gasteiger partial charge in [-0.15, -0.1) is 6.42 Å². The van der Waals surface area contributed by atoms with Crippen molar-refractivity contribution in [2.45, 2.75) is 78.7 Å². The lowest BCUT2D eigenvalue weighted by molar-refractivity contribution is 0.622. The fourth-order valence-electron chi connectivity index (χ4n) is 2.67. The largest absolute Gasteiger partial charge is 0.369 e. The zero-order chi connectivity index (χ0) is 15.9. The van der Waals surface area contributed by atoms with Crippen LogP contribution in [-0.4, -0.2) is 5.54 Å². The number of unbranched alkanes of at least 4 members (excludes halogenated alkanes) is 1. The summed E-state index contributed by atoms with van der Waals surface area (Å²) in [7, 11) is 0. The molecule has 0 spiro atoms. The Bertz CT molecular complexity index is 462. The van der Waals surface area contributed by atoms with Gasteiger partial charge in [-0.2, -0.15) is 0 Å². The number of terminal acetylenes is 1. The first-order valence-corrected chi connectivity index (χ1v) is 8.31. The summed E-state index contributed by atoms with van der Waals surface area (Å²) < 4.78 is 0. The van der Waals surface area contributed by atoms with Crippen LogP contribution < -0.4 is 5.32 Å². The normalized spacial score (nSPS) is 15.8. The topological polar surface area (TPSA) is 12.0 Å². The number of nitrogens with one attached hydrogen (secondary N) is 1. The molecular formula is C20H31N. The lowest BCUT2D eigenvalue weighted by Gasteiger charge is -2.26. The summed E-state index contributed by atoms with van der Waals surface area (Å²) in [5.41, 5.74) is 5.10. The van der Waals surface area contributed by atoms with Gasteiger partial charge in [0.05, 0.1) is 5.54 Å². The molecular weight excluding hydrogens is 254 g/mol. The maximum absolute atomic E-state index is 5.71. The number of hydrogen-bond acceptors (Lipinski definition) is 1. The van der Waals surface area contributed by atoms with Crippen LogP contribution in [0.2, 0.25) is 0 Å². The van der Waals surface area contributed by atoms with E-state index in [0.717, 1.165) is 12.8 Å². The number of anilines is 1. The molecule has 1 N–H and O–H groups in total. The van der Waals surface area contributed by atoms with E-state index in [1.807, 2.05) is 0 Å². The van der Waals surface area contributed by atoms with Gasteiger partial charge in [-0.25, -0.2) is 0 Å². The first-order valence-electron chi connectivity index (χ1n) is 8.31. The van der Waals surface area contributed by atoms with Crippen molar-refractivity contribution in [2.75, 3.05) is 5.32 Å². The molecule has 0 aliphatic heterocycles. The third kappa shape index (κ3) is 4.81. The second kappa shape index (κ2) is 8.13. The van der Waals surface area contributed by atoms with Gasteiger partial charge in [0.25, 0.3) is 0 Å². The summed E-state index contributed by atoms with van der Waals surface area (Å²) in [4.78, 5) is 0. The predicted octanol–water partition coefficient (Wildman–Crippen LogP) is 5.78. The average Bonchev–Trinajstić information content (AvgIpc) is 2.94. The molecule has 116 valence electrons. The Balaban J connectivity index is 0.000000491. The van der Waals surface area contributed by atoms with Crippen molar-refractivity contribution in [2.24, 2.45) is 0 Å². The van der Waals surface area contributed by atoms with Gasteiger partial charge in [-0.3, -0.25) is 0 Å². The Hall–Kier alpha value is -1.42. The maximum atomic E-state index is 5.71. The molecule has 1 aliphatic carbocycles. The Morgan fingerprint density at radius 3 is 1.90 bits per heavy atom. The SMILES string of the molecule is C#CC1(Nc2cc(C)c(C)c(C)c2)CCCC1.CCCC. The second-order valence-electron chi connectivity index (χ2n) is 6.29. The minimum atomic E-state index is -0.103. The van der Waals surface area contributed by atoms with Gasteiger partial charge >= 0.3 is 0 Å². The van der Waals surface area contributed by atoms with E-state index in [4.69, 9.17) is 6.42 Å². The van der Waals surface area contributed by atoms with Gasteiger partial charge in [0.2, 0.25) is 0 Å². The average molecular weight is 285 g/mol.